The average Bonchev–Trinajstić information content (AvgIpc) is 2.77. The second-order valence-corrected chi connectivity index (χ2v) is 7.95. The normalized spacial score (nSPS) is 10.7. The maximum Gasteiger partial charge on any atom is 0.258 e. The molecule has 2 aromatic heterocycles. The van der Waals surface area contributed by atoms with E-state index in [1.165, 1.54) is 0 Å². The predicted molar refractivity (Wildman–Crippen MR) is 126 cm³/mol. The van der Waals surface area contributed by atoms with Gasteiger partial charge in [-0.1, -0.05) is 53.5 Å². The van der Waals surface area contributed by atoms with E-state index in [1.54, 1.807) is 47.8 Å². The Morgan fingerprint density at radius 3 is 2.39 bits per heavy atom. The Labute approximate surface area is 191 Å². The van der Waals surface area contributed by atoms with Crippen LogP contribution in [0.4, 0.5) is 5.69 Å². The summed E-state index contributed by atoms with van der Waals surface area (Å²) in [5.74, 6) is -0.158. The molecule has 0 fully saturated rings. The molecule has 4 aromatic rings. The first kappa shape index (κ1) is 21.0. The summed E-state index contributed by atoms with van der Waals surface area (Å²) >= 11 is 12.5. The van der Waals surface area contributed by atoms with Crippen LogP contribution in [0.2, 0.25) is 10.0 Å². The molecule has 0 aliphatic rings. The minimum absolute atomic E-state index is 0.158. The fraction of sp³-hybridized carbons (Fsp3) is 0.0800. The lowest BCUT2D eigenvalue weighted by molar-refractivity contribution is 0.0984. The second kappa shape index (κ2) is 9.29. The fourth-order valence-corrected chi connectivity index (χ4v) is 3.95. The van der Waals surface area contributed by atoms with E-state index in [9.17, 15) is 4.79 Å². The molecule has 0 radical (unpaired) electrons. The number of pyridine rings is 2. The third-order valence-corrected chi connectivity index (χ3v) is 5.38. The molecule has 1 amide bonds. The Balaban J connectivity index is 1.81. The van der Waals surface area contributed by atoms with Crippen LogP contribution in [-0.4, -0.2) is 15.9 Å². The van der Waals surface area contributed by atoms with Gasteiger partial charge in [-0.05, 0) is 54.4 Å². The van der Waals surface area contributed by atoms with Crippen LogP contribution >= 0.6 is 23.2 Å². The van der Waals surface area contributed by atoms with Crippen LogP contribution in [0.3, 0.4) is 0 Å². The van der Waals surface area contributed by atoms with Gasteiger partial charge in [-0.3, -0.25) is 14.8 Å². The van der Waals surface area contributed by atoms with Gasteiger partial charge in [0.15, 0.2) is 0 Å². The van der Waals surface area contributed by atoms with Crippen LogP contribution in [0.1, 0.15) is 21.5 Å². The number of aryl methyl sites for hydroxylation is 1. The Bertz CT molecular complexity index is 1210. The zero-order chi connectivity index (χ0) is 21.8. The molecular weight excluding hydrogens is 429 g/mol. The van der Waals surface area contributed by atoms with Crippen molar-refractivity contribution >= 4 is 34.8 Å². The minimum atomic E-state index is -0.158. The van der Waals surface area contributed by atoms with Crippen molar-refractivity contribution in [2.24, 2.45) is 0 Å². The highest BCUT2D eigenvalue weighted by molar-refractivity contribution is 6.35. The van der Waals surface area contributed by atoms with Gasteiger partial charge >= 0.3 is 0 Å². The third kappa shape index (κ3) is 4.76. The number of carbonyl (C=O) groups excluding carboxylic acids is 1. The summed E-state index contributed by atoms with van der Waals surface area (Å²) in [6, 6.07) is 20.5. The molecule has 0 bridgehead atoms. The summed E-state index contributed by atoms with van der Waals surface area (Å²) in [6.45, 7) is 2.19. The van der Waals surface area contributed by atoms with Crippen molar-refractivity contribution in [1.29, 1.82) is 0 Å². The molecule has 0 atom stereocenters. The van der Waals surface area contributed by atoms with Crippen molar-refractivity contribution in [3.8, 4) is 11.3 Å². The Morgan fingerprint density at radius 2 is 1.68 bits per heavy atom. The lowest BCUT2D eigenvalue weighted by atomic mass is 10.0. The number of halogens is 2. The van der Waals surface area contributed by atoms with E-state index < -0.39 is 0 Å². The molecule has 0 saturated heterocycles. The van der Waals surface area contributed by atoms with Crippen LogP contribution in [0.5, 0.6) is 0 Å². The Morgan fingerprint density at radius 1 is 0.935 bits per heavy atom. The average molecular weight is 448 g/mol. The monoisotopic (exact) mass is 447 g/mol. The van der Waals surface area contributed by atoms with Crippen LogP contribution in [-0.2, 0) is 6.54 Å². The lowest BCUT2D eigenvalue weighted by Crippen LogP contribution is -2.31. The van der Waals surface area contributed by atoms with Crippen LogP contribution in [0.15, 0.2) is 85.3 Å². The summed E-state index contributed by atoms with van der Waals surface area (Å²) in [6.07, 6.45) is 5.05. The fourth-order valence-electron chi connectivity index (χ4n) is 3.43. The highest BCUT2D eigenvalue weighted by Gasteiger charge is 2.22. The van der Waals surface area contributed by atoms with Gasteiger partial charge in [0.25, 0.3) is 5.91 Å². The molecule has 0 unspecified atom stereocenters. The molecule has 0 aliphatic heterocycles. The molecule has 31 heavy (non-hydrogen) atoms. The van der Waals surface area contributed by atoms with Crippen molar-refractivity contribution in [1.82, 2.24) is 9.97 Å². The molecule has 2 aromatic carbocycles. The van der Waals surface area contributed by atoms with E-state index in [-0.39, 0.29) is 5.91 Å². The molecule has 6 heteroatoms. The molecule has 0 aliphatic carbocycles. The van der Waals surface area contributed by atoms with Gasteiger partial charge in [0.1, 0.15) is 0 Å². The summed E-state index contributed by atoms with van der Waals surface area (Å²) in [5.41, 5.74) is 4.74. The van der Waals surface area contributed by atoms with E-state index in [4.69, 9.17) is 23.2 Å². The number of aromatic nitrogens is 2. The molecule has 0 N–H and O–H groups in total. The SMILES string of the molecule is Cc1cnccc1C(=O)N(Cc1ccccc1-c1ccccn1)c1cc(Cl)cc(Cl)c1. The maximum absolute atomic E-state index is 13.6. The van der Waals surface area contributed by atoms with Crippen LogP contribution in [0.25, 0.3) is 11.3 Å². The topological polar surface area (TPSA) is 46.1 Å². The van der Waals surface area contributed by atoms with Crippen LogP contribution < -0.4 is 4.90 Å². The van der Waals surface area contributed by atoms with Crippen molar-refractivity contribution in [2.75, 3.05) is 4.90 Å². The van der Waals surface area contributed by atoms with E-state index in [2.05, 4.69) is 9.97 Å². The highest BCUT2D eigenvalue weighted by atomic mass is 35.5. The van der Waals surface area contributed by atoms with Gasteiger partial charge in [0.05, 0.1) is 12.2 Å². The van der Waals surface area contributed by atoms with Crippen molar-refractivity contribution in [3.05, 3.63) is 112 Å². The number of hydrogen-bond donors (Lipinski definition) is 0. The lowest BCUT2D eigenvalue weighted by Gasteiger charge is -2.25. The number of anilines is 1. The predicted octanol–water partition coefficient (Wildman–Crippen LogP) is 6.61. The highest BCUT2D eigenvalue weighted by Crippen LogP contribution is 2.30. The number of nitrogens with zero attached hydrogens (tertiary/aromatic N) is 3. The number of carbonyl (C=O) groups is 1. The Hall–Kier alpha value is -3.21. The minimum Gasteiger partial charge on any atom is -0.304 e. The Kier molecular flexibility index (Phi) is 6.31. The molecule has 154 valence electrons. The van der Waals surface area contributed by atoms with E-state index in [0.717, 1.165) is 22.4 Å². The largest absolute Gasteiger partial charge is 0.304 e. The second-order valence-electron chi connectivity index (χ2n) is 7.08. The molecule has 0 saturated carbocycles. The summed E-state index contributed by atoms with van der Waals surface area (Å²) in [4.78, 5) is 23.9. The molecule has 4 nitrogen and oxygen atoms in total. The van der Waals surface area contributed by atoms with E-state index >= 15 is 0 Å². The summed E-state index contributed by atoms with van der Waals surface area (Å²) in [7, 11) is 0. The molecular formula is C25H19Cl2N3O. The quantitative estimate of drug-likeness (QED) is 0.345. The van der Waals surface area contributed by atoms with E-state index in [0.29, 0.717) is 27.8 Å². The number of benzene rings is 2. The summed E-state index contributed by atoms with van der Waals surface area (Å²) in [5, 5.41) is 0.925. The van der Waals surface area contributed by atoms with Gasteiger partial charge in [-0.2, -0.15) is 0 Å². The number of hydrogen-bond acceptors (Lipinski definition) is 3. The van der Waals surface area contributed by atoms with Crippen LogP contribution in [0, 0.1) is 6.92 Å². The van der Waals surface area contributed by atoms with Gasteiger partial charge in [-0.15, -0.1) is 0 Å². The molecule has 4 rings (SSSR count). The molecule has 0 spiro atoms. The zero-order valence-corrected chi connectivity index (χ0v) is 18.3. The van der Waals surface area contributed by atoms with Gasteiger partial charge < -0.3 is 4.90 Å². The first-order valence-electron chi connectivity index (χ1n) is 9.71. The van der Waals surface area contributed by atoms with Gasteiger partial charge in [0.2, 0.25) is 0 Å². The van der Waals surface area contributed by atoms with Crippen molar-refractivity contribution in [3.63, 3.8) is 0 Å². The number of amides is 1. The molecule has 2 heterocycles. The third-order valence-electron chi connectivity index (χ3n) is 4.94. The zero-order valence-electron chi connectivity index (χ0n) is 16.8. The number of rotatable bonds is 5. The standard InChI is InChI=1S/C25H19Cl2N3O/c1-17-15-28-11-9-22(17)25(31)30(21-13-19(26)12-20(27)14-21)16-18-6-2-3-7-23(18)24-8-4-5-10-29-24/h2-15H,16H2,1H3. The van der Waals surface area contributed by atoms with Crippen molar-refractivity contribution < 1.29 is 4.79 Å². The maximum atomic E-state index is 13.6. The first-order valence-corrected chi connectivity index (χ1v) is 10.5. The smallest absolute Gasteiger partial charge is 0.258 e. The first-order chi connectivity index (χ1) is 15.0. The summed E-state index contributed by atoms with van der Waals surface area (Å²) < 4.78 is 0. The van der Waals surface area contributed by atoms with E-state index in [1.807, 2.05) is 49.4 Å². The van der Waals surface area contributed by atoms with Crippen molar-refractivity contribution in [2.45, 2.75) is 13.5 Å². The van der Waals surface area contributed by atoms with Gasteiger partial charge in [-0.25, -0.2) is 0 Å². The van der Waals surface area contributed by atoms with Gasteiger partial charge in [0, 0.05) is 45.5 Å².